The third-order valence-electron chi connectivity index (χ3n) is 4.31. The number of terminal acetylenes is 1. The lowest BCUT2D eigenvalue weighted by molar-refractivity contribution is 0.175. The fourth-order valence-corrected chi connectivity index (χ4v) is 3.64. The summed E-state index contributed by atoms with van der Waals surface area (Å²) < 4.78 is 7.53. The summed E-state index contributed by atoms with van der Waals surface area (Å²) in [4.78, 5) is 0. The van der Waals surface area contributed by atoms with Crippen molar-refractivity contribution >= 4 is 24.2 Å². The Morgan fingerprint density at radius 1 is 1.17 bits per heavy atom. The largest absolute Gasteiger partial charge is 0.414 e. The quantitative estimate of drug-likeness (QED) is 0.240. The third kappa shape index (κ3) is 10.8. The van der Waals surface area contributed by atoms with E-state index in [0.717, 1.165) is 49.4 Å². The van der Waals surface area contributed by atoms with Crippen molar-refractivity contribution in [2.24, 2.45) is 0 Å². The van der Waals surface area contributed by atoms with E-state index in [4.69, 9.17) is 10.8 Å². The van der Waals surface area contributed by atoms with Crippen LogP contribution in [0.15, 0.2) is 11.1 Å². The summed E-state index contributed by atoms with van der Waals surface area (Å²) in [6.45, 7) is 15.4. The van der Waals surface area contributed by atoms with Gasteiger partial charge in [-0.25, -0.2) is 0 Å². The average molecular weight is 397 g/mol. The Morgan fingerprint density at radius 2 is 1.74 bits per heavy atom. The molecular weight excluding hydrogens is 364 g/mol. The fraction of sp³-hybridized carbons (Fsp3) is 0.700. The summed E-state index contributed by atoms with van der Waals surface area (Å²) >= 11 is 3.48. The molecule has 1 atom stereocenters. The molecule has 0 radical (unpaired) electrons. The van der Waals surface area contributed by atoms with Gasteiger partial charge in [0.25, 0.3) is 0 Å². The molecule has 0 fully saturated rings. The Balaban J connectivity index is 4.40. The lowest BCUT2D eigenvalue weighted by Gasteiger charge is -2.39. The van der Waals surface area contributed by atoms with Crippen LogP contribution < -0.4 is 0 Å². The lowest BCUT2D eigenvalue weighted by atomic mass is 10.1. The Morgan fingerprint density at radius 3 is 2.26 bits per heavy atom. The van der Waals surface area contributed by atoms with Crippen molar-refractivity contribution in [2.45, 2.75) is 90.0 Å². The zero-order chi connectivity index (χ0) is 17.9. The first kappa shape index (κ1) is 22.5. The van der Waals surface area contributed by atoms with Crippen LogP contribution in [0.4, 0.5) is 0 Å². The van der Waals surface area contributed by atoms with E-state index in [1.165, 1.54) is 0 Å². The molecule has 0 bridgehead atoms. The summed E-state index contributed by atoms with van der Waals surface area (Å²) in [6.07, 6.45) is 12.1. The molecule has 0 heterocycles. The first-order chi connectivity index (χ1) is 10.6. The van der Waals surface area contributed by atoms with E-state index in [-0.39, 0.29) is 11.1 Å². The first-order valence-electron chi connectivity index (χ1n) is 8.50. The number of hydrogen-bond acceptors (Lipinski definition) is 1. The van der Waals surface area contributed by atoms with Crippen molar-refractivity contribution in [2.75, 3.05) is 0 Å². The molecule has 0 rings (SSSR count). The number of unbranched alkanes of at least 4 members (excludes halogenated alkanes) is 3. The van der Waals surface area contributed by atoms with Gasteiger partial charge in [0.05, 0.1) is 6.10 Å². The average Bonchev–Trinajstić information content (AvgIpc) is 2.39. The monoisotopic (exact) mass is 396 g/mol. The highest BCUT2D eigenvalue weighted by atomic mass is 79.9. The molecule has 0 aliphatic rings. The zero-order valence-electron chi connectivity index (χ0n) is 15.6. The second-order valence-electron chi connectivity index (χ2n) is 7.53. The maximum absolute atomic E-state index is 6.53. The molecule has 1 unspecified atom stereocenters. The Labute approximate surface area is 153 Å². The van der Waals surface area contributed by atoms with E-state index in [9.17, 15) is 0 Å². The van der Waals surface area contributed by atoms with E-state index in [1.54, 1.807) is 0 Å². The smallest absolute Gasteiger partial charge is 0.192 e. The molecule has 1 nitrogen and oxygen atoms in total. The minimum atomic E-state index is -1.75. The van der Waals surface area contributed by atoms with E-state index in [2.05, 4.69) is 74.1 Å². The Bertz CT molecular complexity index is 457. The standard InChI is InChI=1S/C20H33BrOSi/c1-8-9-10-11-12-13-14-15-16-19(17-18(2)21)22-23(6,7)20(3,4)5/h1,19H,2,9-12,15-17H2,3-7H3. The molecule has 23 heavy (non-hydrogen) atoms. The van der Waals surface area contributed by atoms with E-state index in [1.807, 2.05) is 0 Å². The maximum atomic E-state index is 6.53. The van der Waals surface area contributed by atoms with Crippen LogP contribution in [0.2, 0.25) is 18.1 Å². The van der Waals surface area contributed by atoms with E-state index >= 15 is 0 Å². The summed E-state index contributed by atoms with van der Waals surface area (Å²) in [7, 11) is -1.75. The molecule has 0 aliphatic carbocycles. The van der Waals surface area contributed by atoms with Crippen LogP contribution in [0.25, 0.3) is 0 Å². The first-order valence-corrected chi connectivity index (χ1v) is 12.2. The van der Waals surface area contributed by atoms with Crippen molar-refractivity contribution in [3.05, 3.63) is 11.1 Å². The Hall–Kier alpha value is -0.483. The number of rotatable bonds is 9. The summed E-state index contributed by atoms with van der Waals surface area (Å²) in [6, 6.07) is 0. The zero-order valence-corrected chi connectivity index (χ0v) is 18.2. The second-order valence-corrected chi connectivity index (χ2v) is 13.4. The van der Waals surface area contributed by atoms with Crippen LogP contribution in [0.1, 0.15) is 65.7 Å². The topological polar surface area (TPSA) is 9.23 Å². The van der Waals surface area contributed by atoms with Gasteiger partial charge >= 0.3 is 0 Å². The second kappa shape index (κ2) is 11.1. The van der Waals surface area contributed by atoms with Gasteiger partial charge in [0.15, 0.2) is 8.32 Å². The molecule has 0 aromatic carbocycles. The van der Waals surface area contributed by atoms with Gasteiger partial charge < -0.3 is 4.43 Å². The molecule has 0 spiro atoms. The molecule has 0 saturated heterocycles. The van der Waals surface area contributed by atoms with Gasteiger partial charge in [-0.3, -0.25) is 0 Å². The van der Waals surface area contributed by atoms with Crippen molar-refractivity contribution in [3.63, 3.8) is 0 Å². The van der Waals surface area contributed by atoms with Crippen molar-refractivity contribution in [3.8, 4) is 24.2 Å². The summed E-state index contributed by atoms with van der Waals surface area (Å²) in [5.41, 5.74) is 0. The molecule has 130 valence electrons. The SMILES string of the molecule is C#CCCCCC#CCCC(CC(=C)Br)O[Si](C)(C)C(C)(C)C. The molecule has 0 aliphatic heterocycles. The van der Waals surface area contributed by atoms with Gasteiger partial charge in [-0.15, -0.1) is 24.2 Å². The molecule has 0 saturated carbocycles. The van der Waals surface area contributed by atoms with Gasteiger partial charge in [-0.05, 0) is 41.9 Å². The van der Waals surface area contributed by atoms with Crippen LogP contribution in [-0.2, 0) is 4.43 Å². The molecule has 0 aromatic rings. The predicted octanol–water partition coefficient (Wildman–Crippen LogP) is 6.65. The summed E-state index contributed by atoms with van der Waals surface area (Å²) in [5, 5.41) is 0.224. The normalized spacial score (nSPS) is 12.9. The lowest BCUT2D eigenvalue weighted by Crippen LogP contribution is -2.44. The molecule has 0 aromatic heterocycles. The van der Waals surface area contributed by atoms with Crippen molar-refractivity contribution in [1.29, 1.82) is 0 Å². The molecule has 0 amide bonds. The van der Waals surface area contributed by atoms with Crippen LogP contribution in [-0.4, -0.2) is 14.4 Å². The Kier molecular flexibility index (Phi) is 10.9. The number of hydrogen-bond donors (Lipinski definition) is 0. The van der Waals surface area contributed by atoms with Gasteiger partial charge in [-0.2, -0.15) is 0 Å². The highest BCUT2D eigenvalue weighted by Crippen LogP contribution is 2.38. The highest BCUT2D eigenvalue weighted by Gasteiger charge is 2.38. The van der Waals surface area contributed by atoms with E-state index in [0.29, 0.717) is 0 Å². The highest BCUT2D eigenvalue weighted by molar-refractivity contribution is 9.11. The van der Waals surface area contributed by atoms with Crippen LogP contribution >= 0.6 is 15.9 Å². The van der Waals surface area contributed by atoms with E-state index < -0.39 is 8.32 Å². The van der Waals surface area contributed by atoms with Gasteiger partial charge in [-0.1, -0.05) is 43.3 Å². The van der Waals surface area contributed by atoms with Crippen LogP contribution in [0.5, 0.6) is 0 Å². The fourth-order valence-electron chi connectivity index (χ4n) is 1.89. The number of halogens is 1. The summed E-state index contributed by atoms with van der Waals surface area (Å²) in [5.74, 6) is 9.19. The van der Waals surface area contributed by atoms with Crippen molar-refractivity contribution < 1.29 is 4.43 Å². The van der Waals surface area contributed by atoms with Gasteiger partial charge in [0.2, 0.25) is 0 Å². The van der Waals surface area contributed by atoms with Crippen LogP contribution in [0, 0.1) is 24.2 Å². The minimum Gasteiger partial charge on any atom is -0.414 e. The minimum absolute atomic E-state index is 0.207. The third-order valence-corrected chi connectivity index (χ3v) is 9.16. The van der Waals surface area contributed by atoms with Crippen molar-refractivity contribution in [1.82, 2.24) is 0 Å². The molecule has 3 heteroatoms. The molecular formula is C20H33BrOSi. The molecule has 0 N–H and O–H groups in total. The maximum Gasteiger partial charge on any atom is 0.192 e. The predicted molar refractivity (Wildman–Crippen MR) is 109 cm³/mol. The van der Waals surface area contributed by atoms with Gasteiger partial charge in [0, 0.05) is 25.7 Å². The van der Waals surface area contributed by atoms with Gasteiger partial charge in [0.1, 0.15) is 0 Å². The van der Waals surface area contributed by atoms with Crippen LogP contribution in [0.3, 0.4) is 0 Å².